The smallest absolute Gasteiger partial charge is 0.375 e. The zero-order valence-electron chi connectivity index (χ0n) is 9.23. The van der Waals surface area contributed by atoms with Crippen LogP contribution in [0.4, 0.5) is 5.69 Å². The molecule has 0 fully saturated rings. The number of nitro groups is 1. The molecule has 0 radical (unpaired) electrons. The van der Waals surface area contributed by atoms with Gasteiger partial charge in [0, 0.05) is 11.1 Å². The summed E-state index contributed by atoms with van der Waals surface area (Å²) in [5, 5.41) is 30.0. The van der Waals surface area contributed by atoms with Crippen LogP contribution < -0.4 is 0 Å². The number of aromatic nitrogens is 4. The molecule has 2 rings (SSSR count). The molecule has 0 aliphatic rings. The van der Waals surface area contributed by atoms with Gasteiger partial charge in [-0.15, -0.1) is 5.10 Å². The summed E-state index contributed by atoms with van der Waals surface area (Å²) in [5.74, 6) is -1.73. The molecule has 0 aliphatic carbocycles. The molecular formula is C9H6ClN5O4. The lowest BCUT2D eigenvalue weighted by molar-refractivity contribution is -0.385. The molecule has 1 N–H and O–H groups in total. The molecule has 98 valence electrons. The number of carboxylic acid groups (broad SMARTS) is 1. The average molecular weight is 284 g/mol. The number of carbonyl (C=O) groups is 1. The third-order valence-corrected chi connectivity index (χ3v) is 2.52. The van der Waals surface area contributed by atoms with Crippen molar-refractivity contribution in [2.24, 2.45) is 0 Å². The first-order valence-electron chi connectivity index (χ1n) is 4.91. The summed E-state index contributed by atoms with van der Waals surface area (Å²) in [6, 6.07) is 3.98. The normalized spacial score (nSPS) is 10.4. The fraction of sp³-hybridized carbons (Fsp3) is 0.111. The molecule has 19 heavy (non-hydrogen) atoms. The molecule has 9 nitrogen and oxygen atoms in total. The molecule has 0 saturated carbocycles. The number of halogens is 1. The maximum atomic E-state index is 10.9. The summed E-state index contributed by atoms with van der Waals surface area (Å²) in [6.45, 7) is -0.161. The highest BCUT2D eigenvalue weighted by molar-refractivity contribution is 6.30. The summed E-state index contributed by atoms with van der Waals surface area (Å²) >= 11 is 5.76. The molecule has 0 amide bonds. The Hall–Kier alpha value is -2.55. The fourth-order valence-electron chi connectivity index (χ4n) is 1.48. The van der Waals surface area contributed by atoms with Crippen molar-refractivity contribution in [1.82, 2.24) is 20.2 Å². The van der Waals surface area contributed by atoms with Crippen molar-refractivity contribution in [3.63, 3.8) is 0 Å². The number of nitro benzene ring substituents is 1. The average Bonchev–Trinajstić information content (AvgIpc) is 2.76. The van der Waals surface area contributed by atoms with Gasteiger partial charge >= 0.3 is 5.97 Å². The van der Waals surface area contributed by atoms with E-state index < -0.39 is 16.7 Å². The lowest BCUT2D eigenvalue weighted by Crippen LogP contribution is -2.13. The minimum atomic E-state index is -1.32. The first-order valence-corrected chi connectivity index (χ1v) is 5.29. The summed E-state index contributed by atoms with van der Waals surface area (Å²) in [6.07, 6.45) is 0. The molecule has 0 saturated heterocycles. The molecule has 0 spiro atoms. The van der Waals surface area contributed by atoms with Gasteiger partial charge in [-0.3, -0.25) is 10.1 Å². The summed E-state index contributed by atoms with van der Waals surface area (Å²) in [4.78, 5) is 21.1. The highest BCUT2D eigenvalue weighted by Crippen LogP contribution is 2.23. The largest absolute Gasteiger partial charge is 0.475 e. The third kappa shape index (κ3) is 2.65. The van der Waals surface area contributed by atoms with Crippen molar-refractivity contribution in [2.45, 2.75) is 6.54 Å². The molecule has 0 bridgehead atoms. The van der Waals surface area contributed by atoms with Gasteiger partial charge in [0.15, 0.2) is 0 Å². The lowest BCUT2D eigenvalue weighted by Gasteiger charge is -2.04. The van der Waals surface area contributed by atoms with Crippen molar-refractivity contribution in [3.8, 4) is 0 Å². The van der Waals surface area contributed by atoms with Gasteiger partial charge in [-0.05, 0) is 22.6 Å². The Morgan fingerprint density at radius 1 is 1.53 bits per heavy atom. The molecule has 1 aromatic carbocycles. The van der Waals surface area contributed by atoms with E-state index in [1.54, 1.807) is 0 Å². The van der Waals surface area contributed by atoms with Gasteiger partial charge in [0.05, 0.1) is 17.0 Å². The van der Waals surface area contributed by atoms with Gasteiger partial charge in [-0.2, -0.15) is 0 Å². The zero-order chi connectivity index (χ0) is 14.0. The molecule has 0 aliphatic heterocycles. The van der Waals surface area contributed by atoms with Gasteiger partial charge in [-0.1, -0.05) is 11.6 Å². The van der Waals surface area contributed by atoms with E-state index in [1.165, 1.54) is 18.2 Å². The number of rotatable bonds is 4. The number of benzene rings is 1. The van der Waals surface area contributed by atoms with E-state index in [-0.39, 0.29) is 17.8 Å². The van der Waals surface area contributed by atoms with Crippen LogP contribution in [0.25, 0.3) is 0 Å². The van der Waals surface area contributed by atoms with Crippen LogP contribution >= 0.6 is 11.6 Å². The summed E-state index contributed by atoms with van der Waals surface area (Å²) < 4.78 is 0.945. The second-order valence-corrected chi connectivity index (χ2v) is 3.93. The van der Waals surface area contributed by atoms with Gasteiger partial charge in [0.1, 0.15) is 0 Å². The quantitative estimate of drug-likeness (QED) is 0.655. The maximum absolute atomic E-state index is 10.9. The molecule has 1 heterocycles. The third-order valence-electron chi connectivity index (χ3n) is 2.28. The van der Waals surface area contributed by atoms with Crippen LogP contribution in [0.2, 0.25) is 5.02 Å². The minimum absolute atomic E-state index is 0.161. The van der Waals surface area contributed by atoms with E-state index >= 15 is 0 Å². The molecule has 0 unspecified atom stereocenters. The van der Waals surface area contributed by atoms with Crippen molar-refractivity contribution < 1.29 is 14.8 Å². The highest BCUT2D eigenvalue weighted by atomic mass is 35.5. The molecule has 1 aromatic heterocycles. The lowest BCUT2D eigenvalue weighted by atomic mass is 10.2. The Morgan fingerprint density at radius 3 is 2.89 bits per heavy atom. The van der Waals surface area contributed by atoms with E-state index in [0.29, 0.717) is 5.02 Å². The van der Waals surface area contributed by atoms with Crippen LogP contribution in [0.1, 0.15) is 16.2 Å². The first-order chi connectivity index (χ1) is 8.99. The Morgan fingerprint density at radius 2 is 2.26 bits per heavy atom. The van der Waals surface area contributed by atoms with Gasteiger partial charge in [0.25, 0.3) is 11.5 Å². The molecule has 2 aromatic rings. The van der Waals surface area contributed by atoms with Crippen LogP contribution in [0.15, 0.2) is 18.2 Å². The van der Waals surface area contributed by atoms with Crippen molar-refractivity contribution in [2.75, 3.05) is 0 Å². The SMILES string of the molecule is O=C(O)c1nnnn1Cc1cc(Cl)ccc1[N+](=O)[O-]. The van der Waals surface area contributed by atoms with E-state index in [0.717, 1.165) is 4.68 Å². The Labute approximate surface area is 110 Å². The molecule has 0 atom stereocenters. The van der Waals surface area contributed by atoms with Gasteiger partial charge in [0.2, 0.25) is 0 Å². The summed E-state index contributed by atoms with van der Waals surface area (Å²) in [5.41, 5.74) is 0.0311. The first kappa shape index (κ1) is 12.9. The van der Waals surface area contributed by atoms with Crippen LogP contribution in [0.3, 0.4) is 0 Å². The highest BCUT2D eigenvalue weighted by Gasteiger charge is 2.19. The van der Waals surface area contributed by atoms with Gasteiger partial charge < -0.3 is 5.11 Å². The fourth-order valence-corrected chi connectivity index (χ4v) is 1.68. The number of hydrogen-bond donors (Lipinski definition) is 1. The number of carboxylic acids is 1. The Bertz CT molecular complexity index is 656. The number of nitrogens with zero attached hydrogens (tertiary/aromatic N) is 5. The molecular weight excluding hydrogens is 278 g/mol. The number of aromatic carboxylic acids is 1. The molecule has 10 heteroatoms. The van der Waals surface area contributed by atoms with E-state index in [9.17, 15) is 14.9 Å². The van der Waals surface area contributed by atoms with Crippen LogP contribution in [-0.4, -0.2) is 36.2 Å². The van der Waals surface area contributed by atoms with Crippen LogP contribution in [0.5, 0.6) is 0 Å². The Balaban J connectivity index is 2.42. The standard InChI is InChI=1S/C9H6ClN5O4/c10-6-1-2-7(15(18)19)5(3-6)4-14-8(9(16)17)11-12-13-14/h1-3H,4H2,(H,16,17). The van der Waals surface area contributed by atoms with E-state index in [2.05, 4.69) is 15.5 Å². The van der Waals surface area contributed by atoms with Crippen molar-refractivity contribution in [1.29, 1.82) is 0 Å². The summed E-state index contributed by atoms with van der Waals surface area (Å²) in [7, 11) is 0. The van der Waals surface area contributed by atoms with Crippen LogP contribution in [-0.2, 0) is 6.54 Å². The zero-order valence-corrected chi connectivity index (χ0v) is 9.98. The van der Waals surface area contributed by atoms with Crippen molar-refractivity contribution in [3.05, 3.63) is 44.7 Å². The van der Waals surface area contributed by atoms with Gasteiger partial charge in [-0.25, -0.2) is 9.48 Å². The van der Waals surface area contributed by atoms with E-state index in [4.69, 9.17) is 16.7 Å². The second kappa shape index (κ2) is 4.98. The predicted octanol–water partition coefficient (Wildman–Crippen LogP) is 0.981. The monoisotopic (exact) mass is 283 g/mol. The minimum Gasteiger partial charge on any atom is -0.475 e. The number of tetrazole rings is 1. The predicted molar refractivity (Wildman–Crippen MR) is 62.0 cm³/mol. The van der Waals surface area contributed by atoms with Crippen molar-refractivity contribution >= 4 is 23.3 Å². The number of hydrogen-bond acceptors (Lipinski definition) is 6. The van der Waals surface area contributed by atoms with Crippen LogP contribution in [0, 0.1) is 10.1 Å². The second-order valence-electron chi connectivity index (χ2n) is 3.50. The maximum Gasteiger partial charge on any atom is 0.375 e. The van der Waals surface area contributed by atoms with E-state index in [1.807, 2.05) is 0 Å². The topological polar surface area (TPSA) is 124 Å². The Kier molecular flexibility index (Phi) is 3.38.